The van der Waals surface area contributed by atoms with Gasteiger partial charge in [-0.2, -0.15) is 0 Å². The quantitative estimate of drug-likeness (QED) is 0.174. The summed E-state index contributed by atoms with van der Waals surface area (Å²) >= 11 is 0. The second kappa shape index (κ2) is 12.7. The van der Waals surface area contributed by atoms with Crippen LogP contribution in [0, 0.1) is 0 Å². The van der Waals surface area contributed by atoms with E-state index in [2.05, 4.69) is 132 Å². The fourth-order valence-electron chi connectivity index (χ4n) is 9.16. The highest BCUT2D eigenvalue weighted by Crippen LogP contribution is 2.57. The molecule has 0 bridgehead atoms. The maximum atomic E-state index is 14.6. The molecule has 0 saturated carbocycles. The average molecular weight is 723 g/mol. The summed E-state index contributed by atoms with van der Waals surface area (Å²) in [5.41, 5.74) is 11.5. The number of para-hydroxylation sites is 3. The summed E-state index contributed by atoms with van der Waals surface area (Å²) < 4.78 is 32.0. The first-order valence-corrected chi connectivity index (χ1v) is 20.3. The Hall–Kier alpha value is -5.79. The van der Waals surface area contributed by atoms with E-state index in [-0.39, 0.29) is 12.1 Å². The Kier molecular flexibility index (Phi) is 7.70. The summed E-state index contributed by atoms with van der Waals surface area (Å²) in [5.74, 6) is 0. The molecule has 1 saturated heterocycles. The highest BCUT2D eigenvalue weighted by atomic mass is 32.2. The molecule has 3 atom stereocenters. The van der Waals surface area contributed by atoms with Crippen molar-refractivity contribution in [3.8, 4) is 16.8 Å². The van der Waals surface area contributed by atoms with Crippen LogP contribution in [0.3, 0.4) is 0 Å². The van der Waals surface area contributed by atoms with Crippen molar-refractivity contribution in [3.05, 3.63) is 187 Å². The third-order valence-electron chi connectivity index (χ3n) is 11.9. The molecule has 0 aliphatic carbocycles. The molecule has 0 spiro atoms. The molecule has 54 heavy (non-hydrogen) atoms. The van der Waals surface area contributed by atoms with Crippen LogP contribution in [-0.2, 0) is 9.84 Å². The largest absolute Gasteiger partial charge is 0.309 e. The molecule has 0 amide bonds. The maximum absolute atomic E-state index is 14.6. The zero-order valence-electron chi connectivity index (χ0n) is 30.0. The Bertz CT molecular complexity index is 2730. The molecular formula is C48H40N3O2S+. The summed E-state index contributed by atoms with van der Waals surface area (Å²) in [5, 5.41) is 5.57. The third kappa shape index (κ3) is 5.09. The van der Waals surface area contributed by atoms with E-state index in [0.717, 1.165) is 27.8 Å². The summed E-state index contributed by atoms with van der Waals surface area (Å²) in [6.07, 6.45) is 1.02. The zero-order chi connectivity index (χ0) is 36.4. The smallest absolute Gasteiger partial charge is 0.181 e. The minimum absolute atomic E-state index is 0.0744. The molecule has 1 fully saturated rings. The average Bonchev–Trinajstić information content (AvgIpc) is 3.70. The van der Waals surface area contributed by atoms with Gasteiger partial charge in [0.05, 0.1) is 33.8 Å². The van der Waals surface area contributed by atoms with Gasteiger partial charge >= 0.3 is 0 Å². The Morgan fingerprint density at radius 2 is 1.13 bits per heavy atom. The van der Waals surface area contributed by atoms with E-state index in [0.29, 0.717) is 22.2 Å². The molecule has 1 N–H and O–H groups in total. The fraction of sp³-hybridized carbons (Fsp3) is 0.125. The second-order valence-corrected chi connectivity index (χ2v) is 17.1. The number of fused-ring (bicyclic) bond motifs is 6. The van der Waals surface area contributed by atoms with Crippen molar-refractivity contribution in [2.45, 2.75) is 35.1 Å². The Morgan fingerprint density at radius 3 is 1.80 bits per heavy atom. The standard InChI is InChI=1S/C48H40N3O2S/c1-51(36-19-9-4-10-20-36)47-24-14-12-22-40(47)42-31-41-39-21-11-13-23-45(39)50(46(41)32-48(42)51)35-25-27-37(28-26-35)54(52,53)38-29-43(33-15-5-2-6-16-33)49-44(30-38)34-17-7-3-8-18-34/h2-28,31-32,38,43-44,49H,29-30H2,1H3/q+1. The van der Waals surface area contributed by atoms with Gasteiger partial charge in [0.25, 0.3) is 0 Å². The predicted molar refractivity (Wildman–Crippen MR) is 221 cm³/mol. The minimum atomic E-state index is -3.65. The van der Waals surface area contributed by atoms with Crippen LogP contribution in [0.4, 0.5) is 17.1 Å². The lowest BCUT2D eigenvalue weighted by molar-refractivity contribution is 0.330. The molecule has 8 aromatic rings. The van der Waals surface area contributed by atoms with Crippen LogP contribution in [0.15, 0.2) is 181 Å². The molecule has 3 heterocycles. The van der Waals surface area contributed by atoms with Gasteiger partial charge in [0.2, 0.25) is 0 Å². The van der Waals surface area contributed by atoms with Crippen LogP contribution < -0.4 is 9.80 Å². The van der Waals surface area contributed by atoms with Gasteiger partial charge in [-0.15, -0.1) is 0 Å². The van der Waals surface area contributed by atoms with Crippen LogP contribution in [0.25, 0.3) is 38.6 Å². The van der Waals surface area contributed by atoms with Crippen molar-refractivity contribution in [3.63, 3.8) is 0 Å². The van der Waals surface area contributed by atoms with E-state index in [1.54, 1.807) is 0 Å². The van der Waals surface area contributed by atoms with Crippen LogP contribution in [0.5, 0.6) is 0 Å². The van der Waals surface area contributed by atoms with Crippen molar-refractivity contribution < 1.29 is 8.42 Å². The SMILES string of the molecule is C[N+]1(c2ccccc2)c2ccccc2-c2cc3c4ccccc4n(-c4ccc(S(=O)(=O)C5CC(c6ccccc6)NC(c6ccccc6)C5)cc4)c3cc21. The molecule has 7 aromatic carbocycles. The van der Waals surface area contributed by atoms with Crippen molar-refractivity contribution >= 4 is 48.7 Å². The molecule has 2 aliphatic rings. The van der Waals surface area contributed by atoms with Crippen LogP contribution in [-0.4, -0.2) is 25.3 Å². The van der Waals surface area contributed by atoms with Crippen molar-refractivity contribution in [2.24, 2.45) is 0 Å². The molecule has 0 radical (unpaired) electrons. The monoisotopic (exact) mass is 722 g/mol. The molecule has 3 unspecified atom stereocenters. The van der Waals surface area contributed by atoms with E-state index in [1.807, 2.05) is 60.7 Å². The number of benzene rings is 7. The number of nitrogens with zero attached hydrogens (tertiary/aromatic N) is 2. The number of aromatic nitrogens is 1. The number of hydrogen-bond acceptors (Lipinski definition) is 3. The number of nitrogens with one attached hydrogen (secondary N) is 1. The first-order chi connectivity index (χ1) is 26.4. The topological polar surface area (TPSA) is 51.1 Å². The zero-order valence-corrected chi connectivity index (χ0v) is 30.8. The molecule has 5 nitrogen and oxygen atoms in total. The number of sulfone groups is 1. The first kappa shape index (κ1) is 32.8. The third-order valence-corrected chi connectivity index (χ3v) is 14.1. The molecular weight excluding hydrogens is 683 g/mol. The lowest BCUT2D eigenvalue weighted by atomic mass is 9.90. The van der Waals surface area contributed by atoms with Gasteiger partial charge in [0.15, 0.2) is 21.2 Å². The van der Waals surface area contributed by atoms with Gasteiger partial charge in [-0.05, 0) is 78.6 Å². The molecule has 2 aliphatic heterocycles. The molecule has 1 aromatic heterocycles. The van der Waals surface area contributed by atoms with Crippen molar-refractivity contribution in [2.75, 3.05) is 7.05 Å². The molecule has 264 valence electrons. The van der Waals surface area contributed by atoms with E-state index >= 15 is 0 Å². The van der Waals surface area contributed by atoms with Gasteiger partial charge < -0.3 is 9.88 Å². The lowest BCUT2D eigenvalue weighted by Gasteiger charge is -2.36. The first-order valence-electron chi connectivity index (χ1n) is 18.7. The number of hydrogen-bond donors (Lipinski definition) is 1. The fourth-order valence-corrected chi connectivity index (χ4v) is 11.0. The predicted octanol–water partition coefficient (Wildman–Crippen LogP) is 11.4. The van der Waals surface area contributed by atoms with Gasteiger partial charge in [-0.3, -0.25) is 0 Å². The number of piperidine rings is 1. The Balaban J connectivity index is 1.07. The Morgan fingerprint density at radius 1 is 0.556 bits per heavy atom. The van der Waals surface area contributed by atoms with Crippen LogP contribution >= 0.6 is 0 Å². The van der Waals surface area contributed by atoms with Crippen molar-refractivity contribution in [1.29, 1.82) is 0 Å². The van der Waals surface area contributed by atoms with Gasteiger partial charge in [0.1, 0.15) is 5.69 Å². The maximum Gasteiger partial charge on any atom is 0.181 e. The highest BCUT2D eigenvalue weighted by molar-refractivity contribution is 7.92. The van der Waals surface area contributed by atoms with Crippen LogP contribution in [0.2, 0.25) is 0 Å². The van der Waals surface area contributed by atoms with Crippen LogP contribution in [0.1, 0.15) is 36.1 Å². The van der Waals surface area contributed by atoms with Gasteiger partial charge in [0, 0.05) is 46.2 Å². The van der Waals surface area contributed by atoms with E-state index in [1.165, 1.54) is 39.0 Å². The second-order valence-electron chi connectivity index (χ2n) is 14.8. The lowest BCUT2D eigenvalue weighted by Crippen LogP contribution is -2.40. The summed E-state index contributed by atoms with van der Waals surface area (Å²) in [6.45, 7) is 0. The van der Waals surface area contributed by atoms with Gasteiger partial charge in [-0.1, -0.05) is 109 Å². The van der Waals surface area contributed by atoms with E-state index < -0.39 is 15.1 Å². The van der Waals surface area contributed by atoms with Gasteiger partial charge in [-0.25, -0.2) is 12.9 Å². The molecule has 10 rings (SSSR count). The normalized spacial score (nSPS) is 20.9. The number of quaternary nitrogens is 1. The summed E-state index contributed by atoms with van der Waals surface area (Å²) in [6, 6.07) is 60.5. The summed E-state index contributed by atoms with van der Waals surface area (Å²) in [7, 11) is -1.37. The molecule has 6 heteroatoms. The Labute approximate surface area is 316 Å². The van der Waals surface area contributed by atoms with Crippen molar-refractivity contribution in [1.82, 2.24) is 14.4 Å². The highest BCUT2D eigenvalue weighted by Gasteiger charge is 2.43. The van der Waals surface area contributed by atoms with E-state index in [9.17, 15) is 8.42 Å². The summed E-state index contributed by atoms with van der Waals surface area (Å²) in [4.78, 5) is 0.363. The number of rotatable bonds is 6. The minimum Gasteiger partial charge on any atom is -0.309 e. The van der Waals surface area contributed by atoms with E-state index in [4.69, 9.17) is 0 Å².